The number of aryl methyl sites for hydroxylation is 1. The molecule has 0 spiro atoms. The van der Waals surface area contributed by atoms with Gasteiger partial charge >= 0.3 is 0 Å². The van der Waals surface area contributed by atoms with Crippen LogP contribution in [0.1, 0.15) is 45.6 Å². The van der Waals surface area contributed by atoms with Crippen LogP contribution in [0.4, 0.5) is 5.00 Å². The van der Waals surface area contributed by atoms with Crippen LogP contribution in [0, 0.1) is 6.92 Å². The van der Waals surface area contributed by atoms with Crippen molar-refractivity contribution in [3.8, 4) is 0 Å². The number of hydrogen-bond donors (Lipinski definition) is 3. The zero-order chi connectivity index (χ0) is 17.1. The van der Waals surface area contributed by atoms with Crippen molar-refractivity contribution >= 4 is 40.6 Å². The molecular formula is C17H22ClN3O3S. The summed E-state index contributed by atoms with van der Waals surface area (Å²) in [6.45, 7) is 4.95. The molecule has 2 unspecified atom stereocenters. The van der Waals surface area contributed by atoms with E-state index in [1.165, 1.54) is 17.6 Å². The molecule has 136 valence electrons. The standard InChI is InChI=1S/C17H21N3O3S.ClH/c1-10-9-14(20-16(21)13-6-4-8-23-13)24-15(10)17(22)19-12-5-3-7-18-11(12)2;/h4,6,8-9,11-12,18H,3,5,7H2,1-2H3,(H,19,22)(H,20,21);1H. The van der Waals surface area contributed by atoms with Crippen LogP contribution in [0.25, 0.3) is 0 Å². The van der Waals surface area contributed by atoms with Gasteiger partial charge in [0.05, 0.1) is 16.1 Å². The highest BCUT2D eigenvalue weighted by atomic mass is 35.5. The van der Waals surface area contributed by atoms with E-state index in [1.54, 1.807) is 12.1 Å². The Bertz CT molecular complexity index is 730. The van der Waals surface area contributed by atoms with Gasteiger partial charge in [-0.3, -0.25) is 9.59 Å². The smallest absolute Gasteiger partial charge is 0.291 e. The number of rotatable bonds is 4. The Kier molecular flexibility index (Phi) is 6.64. The molecule has 0 aliphatic carbocycles. The van der Waals surface area contributed by atoms with Crippen molar-refractivity contribution in [3.63, 3.8) is 0 Å². The molecule has 3 heterocycles. The maximum Gasteiger partial charge on any atom is 0.291 e. The Labute approximate surface area is 156 Å². The van der Waals surface area contributed by atoms with E-state index >= 15 is 0 Å². The fourth-order valence-electron chi connectivity index (χ4n) is 2.83. The van der Waals surface area contributed by atoms with Crippen LogP contribution in [0.3, 0.4) is 0 Å². The van der Waals surface area contributed by atoms with Crippen LogP contribution in [0.2, 0.25) is 0 Å². The first-order valence-corrected chi connectivity index (χ1v) is 8.86. The van der Waals surface area contributed by atoms with Gasteiger partial charge in [-0.25, -0.2) is 0 Å². The van der Waals surface area contributed by atoms with E-state index in [1.807, 2.05) is 13.0 Å². The molecule has 1 saturated heterocycles. The normalized spacial score (nSPS) is 19.8. The van der Waals surface area contributed by atoms with Crippen molar-refractivity contribution in [2.45, 2.75) is 38.8 Å². The summed E-state index contributed by atoms with van der Waals surface area (Å²) < 4.78 is 5.07. The maximum atomic E-state index is 12.5. The largest absolute Gasteiger partial charge is 0.459 e. The Morgan fingerprint density at radius 2 is 2.16 bits per heavy atom. The van der Waals surface area contributed by atoms with Gasteiger partial charge in [0.1, 0.15) is 0 Å². The molecule has 0 saturated carbocycles. The van der Waals surface area contributed by atoms with Gasteiger partial charge in [0.15, 0.2) is 5.76 Å². The second kappa shape index (κ2) is 8.51. The third kappa shape index (κ3) is 4.62. The van der Waals surface area contributed by atoms with Crippen molar-refractivity contribution in [2.24, 2.45) is 0 Å². The molecule has 1 aliphatic heterocycles. The zero-order valence-corrected chi connectivity index (χ0v) is 15.8. The summed E-state index contributed by atoms with van der Waals surface area (Å²) in [4.78, 5) is 25.2. The Morgan fingerprint density at radius 3 is 2.84 bits per heavy atom. The van der Waals surface area contributed by atoms with E-state index in [2.05, 4.69) is 22.9 Å². The number of carbonyl (C=O) groups excluding carboxylic acids is 2. The minimum absolute atomic E-state index is 0. The monoisotopic (exact) mass is 383 g/mol. The first kappa shape index (κ1) is 19.5. The molecule has 3 rings (SSSR count). The Morgan fingerprint density at radius 1 is 1.36 bits per heavy atom. The average Bonchev–Trinajstić information content (AvgIpc) is 3.19. The zero-order valence-electron chi connectivity index (χ0n) is 14.1. The average molecular weight is 384 g/mol. The molecule has 2 aromatic heterocycles. The van der Waals surface area contributed by atoms with Crippen LogP contribution in [0.15, 0.2) is 28.9 Å². The van der Waals surface area contributed by atoms with E-state index in [-0.39, 0.29) is 42.1 Å². The Hall–Kier alpha value is -1.83. The van der Waals surface area contributed by atoms with Crippen molar-refractivity contribution < 1.29 is 14.0 Å². The highest BCUT2D eigenvalue weighted by molar-refractivity contribution is 7.18. The minimum atomic E-state index is -0.321. The number of amides is 2. The summed E-state index contributed by atoms with van der Waals surface area (Å²) in [6.07, 6.45) is 3.49. The topological polar surface area (TPSA) is 83.4 Å². The van der Waals surface area contributed by atoms with Crippen LogP contribution in [-0.4, -0.2) is 30.4 Å². The maximum absolute atomic E-state index is 12.5. The number of halogens is 1. The number of thiophene rings is 1. The summed E-state index contributed by atoms with van der Waals surface area (Å²) in [6, 6.07) is 5.46. The number of anilines is 1. The molecular weight excluding hydrogens is 362 g/mol. The predicted octanol–water partition coefficient (Wildman–Crippen LogP) is 3.19. The van der Waals surface area contributed by atoms with Gasteiger partial charge in [-0.05, 0) is 57.0 Å². The second-order valence-electron chi connectivity index (χ2n) is 6.02. The van der Waals surface area contributed by atoms with Crippen molar-refractivity contribution in [3.05, 3.63) is 40.7 Å². The third-order valence-electron chi connectivity index (χ3n) is 4.18. The predicted molar refractivity (Wildman–Crippen MR) is 101 cm³/mol. The molecule has 0 bridgehead atoms. The van der Waals surface area contributed by atoms with Gasteiger partial charge in [0, 0.05) is 12.1 Å². The SMILES string of the molecule is Cc1cc(NC(=O)c2ccco2)sc1C(=O)NC1CCCNC1C.Cl. The summed E-state index contributed by atoms with van der Waals surface area (Å²) in [5.41, 5.74) is 0.851. The van der Waals surface area contributed by atoms with Crippen LogP contribution in [-0.2, 0) is 0 Å². The number of piperidine rings is 1. The quantitative estimate of drug-likeness (QED) is 0.757. The molecule has 8 heteroatoms. The summed E-state index contributed by atoms with van der Waals surface area (Å²) in [7, 11) is 0. The van der Waals surface area contributed by atoms with Crippen LogP contribution >= 0.6 is 23.7 Å². The summed E-state index contributed by atoms with van der Waals surface area (Å²) in [5.74, 6) is -0.163. The number of carbonyl (C=O) groups is 2. The van der Waals surface area contributed by atoms with E-state index in [0.29, 0.717) is 9.88 Å². The third-order valence-corrected chi connectivity index (χ3v) is 5.34. The van der Waals surface area contributed by atoms with E-state index < -0.39 is 0 Å². The first-order valence-electron chi connectivity index (χ1n) is 8.04. The van der Waals surface area contributed by atoms with E-state index in [4.69, 9.17) is 4.42 Å². The number of furan rings is 1. The second-order valence-corrected chi connectivity index (χ2v) is 7.07. The molecule has 1 fully saturated rings. The van der Waals surface area contributed by atoms with Crippen molar-refractivity contribution in [2.75, 3.05) is 11.9 Å². The lowest BCUT2D eigenvalue weighted by atomic mass is 10.00. The summed E-state index contributed by atoms with van der Waals surface area (Å²) >= 11 is 1.28. The highest BCUT2D eigenvalue weighted by Gasteiger charge is 2.24. The van der Waals surface area contributed by atoms with Crippen molar-refractivity contribution in [1.29, 1.82) is 0 Å². The van der Waals surface area contributed by atoms with Gasteiger partial charge in [0.25, 0.3) is 11.8 Å². The van der Waals surface area contributed by atoms with Crippen molar-refractivity contribution in [1.82, 2.24) is 10.6 Å². The van der Waals surface area contributed by atoms with E-state index in [9.17, 15) is 9.59 Å². The minimum Gasteiger partial charge on any atom is -0.459 e. The molecule has 2 amide bonds. The first-order chi connectivity index (χ1) is 11.5. The fourth-order valence-corrected chi connectivity index (χ4v) is 3.80. The van der Waals surface area contributed by atoms with Gasteiger partial charge in [-0.2, -0.15) is 0 Å². The van der Waals surface area contributed by atoms with Gasteiger partial charge in [-0.15, -0.1) is 23.7 Å². The van der Waals surface area contributed by atoms with Gasteiger partial charge in [-0.1, -0.05) is 0 Å². The molecule has 6 nitrogen and oxygen atoms in total. The molecule has 1 aliphatic rings. The molecule has 25 heavy (non-hydrogen) atoms. The molecule has 3 N–H and O–H groups in total. The molecule has 2 atom stereocenters. The van der Waals surface area contributed by atoms with Crippen LogP contribution < -0.4 is 16.0 Å². The Balaban J connectivity index is 0.00000225. The van der Waals surface area contributed by atoms with Gasteiger partial charge in [0.2, 0.25) is 0 Å². The molecule has 2 aromatic rings. The van der Waals surface area contributed by atoms with Gasteiger partial charge < -0.3 is 20.4 Å². The highest BCUT2D eigenvalue weighted by Crippen LogP contribution is 2.27. The van der Waals surface area contributed by atoms with E-state index in [0.717, 1.165) is 24.9 Å². The van der Waals surface area contributed by atoms with Crippen LogP contribution in [0.5, 0.6) is 0 Å². The summed E-state index contributed by atoms with van der Waals surface area (Å²) in [5, 5.41) is 9.87. The lowest BCUT2D eigenvalue weighted by Gasteiger charge is -2.30. The number of nitrogens with one attached hydrogen (secondary N) is 3. The lowest BCUT2D eigenvalue weighted by molar-refractivity contribution is 0.0922. The number of hydrogen-bond acceptors (Lipinski definition) is 5. The molecule has 0 aromatic carbocycles. The lowest BCUT2D eigenvalue weighted by Crippen LogP contribution is -2.51. The molecule has 0 radical (unpaired) electrons. The fraction of sp³-hybridized carbons (Fsp3) is 0.412.